The maximum absolute atomic E-state index is 14.5. The number of piperidine rings is 1. The molecule has 4 aromatic rings. The number of imidazole rings is 1. The lowest BCUT2D eigenvalue weighted by atomic mass is 10.0. The van der Waals surface area contributed by atoms with Crippen LogP contribution in [-0.4, -0.2) is 86.0 Å². The summed E-state index contributed by atoms with van der Waals surface area (Å²) in [5, 5.41) is 9.74. The van der Waals surface area contributed by atoms with Crippen molar-refractivity contribution in [3.8, 4) is 17.0 Å². The summed E-state index contributed by atoms with van der Waals surface area (Å²) in [6.45, 7) is 0.210. The molecule has 5 rings (SSSR count). The smallest absolute Gasteiger partial charge is 0.280 e. The van der Waals surface area contributed by atoms with Crippen LogP contribution < -0.4 is 15.4 Å². The van der Waals surface area contributed by atoms with E-state index >= 15 is 0 Å². The molecule has 1 aliphatic heterocycles. The van der Waals surface area contributed by atoms with Crippen LogP contribution in [0, 0.1) is 0 Å². The Morgan fingerprint density at radius 2 is 2.09 bits per heavy atom. The van der Waals surface area contributed by atoms with Gasteiger partial charge in [0.15, 0.2) is 0 Å². The topological polar surface area (TPSA) is 114 Å². The Kier molecular flexibility index (Phi) is 5.27. The second kappa shape index (κ2) is 8.17. The Morgan fingerprint density at radius 3 is 2.82 bits per heavy atom. The van der Waals surface area contributed by atoms with E-state index in [2.05, 4.69) is 30.7 Å². The van der Waals surface area contributed by atoms with Crippen molar-refractivity contribution >= 4 is 23.1 Å². The summed E-state index contributed by atoms with van der Waals surface area (Å²) in [5.41, 5.74) is 2.23. The summed E-state index contributed by atoms with van der Waals surface area (Å²) in [5.74, 6) is -2.58. The number of carbonyl (C=O) groups is 1. The lowest BCUT2D eigenvalue weighted by molar-refractivity contribution is -0.0675. The number of fused-ring (bicyclic) bond motifs is 2. The molecule has 1 amide bonds. The Balaban J connectivity index is 1.54. The van der Waals surface area contributed by atoms with Crippen LogP contribution in [0.25, 0.3) is 22.4 Å². The van der Waals surface area contributed by atoms with E-state index in [0.29, 0.717) is 34.7 Å². The van der Waals surface area contributed by atoms with Crippen LogP contribution in [0.3, 0.4) is 0 Å². The van der Waals surface area contributed by atoms with Crippen molar-refractivity contribution in [2.45, 2.75) is 18.4 Å². The van der Waals surface area contributed by atoms with Gasteiger partial charge in [0, 0.05) is 43.3 Å². The molecule has 0 spiro atoms. The average molecular weight is 471 g/mol. The molecule has 2 N–H and O–H groups in total. The predicted molar refractivity (Wildman–Crippen MR) is 119 cm³/mol. The zero-order valence-electron chi connectivity index (χ0n) is 18.8. The highest BCUT2D eigenvalue weighted by Crippen LogP contribution is 2.33. The van der Waals surface area contributed by atoms with E-state index in [9.17, 15) is 13.6 Å². The van der Waals surface area contributed by atoms with Crippen LogP contribution in [0.1, 0.15) is 16.9 Å². The second-order valence-corrected chi connectivity index (χ2v) is 8.19. The minimum Gasteiger partial charge on any atom is -0.479 e. The van der Waals surface area contributed by atoms with Crippen molar-refractivity contribution in [1.82, 2.24) is 39.2 Å². The van der Waals surface area contributed by atoms with Crippen LogP contribution >= 0.6 is 0 Å². The van der Waals surface area contributed by atoms with Gasteiger partial charge in [0.2, 0.25) is 17.6 Å². The number of alkyl halides is 2. The van der Waals surface area contributed by atoms with Gasteiger partial charge >= 0.3 is 0 Å². The van der Waals surface area contributed by atoms with Gasteiger partial charge in [-0.2, -0.15) is 4.98 Å². The van der Waals surface area contributed by atoms with Crippen molar-refractivity contribution in [2.75, 3.05) is 39.6 Å². The van der Waals surface area contributed by atoms with Gasteiger partial charge in [-0.25, -0.2) is 23.3 Å². The summed E-state index contributed by atoms with van der Waals surface area (Å²) in [6, 6.07) is 0.705. The van der Waals surface area contributed by atoms with Crippen molar-refractivity contribution in [2.24, 2.45) is 0 Å². The van der Waals surface area contributed by atoms with Gasteiger partial charge in [-0.3, -0.25) is 9.20 Å². The summed E-state index contributed by atoms with van der Waals surface area (Å²) in [7, 11) is 4.66. The molecule has 0 radical (unpaired) electrons. The molecule has 1 saturated heterocycles. The highest BCUT2D eigenvalue weighted by Gasteiger charge is 2.44. The number of likely N-dealkylation sites (tertiary alicyclic amines) is 1. The number of rotatable bonds is 5. The van der Waals surface area contributed by atoms with Crippen molar-refractivity contribution < 1.29 is 18.3 Å². The molecule has 0 bridgehead atoms. The standard InChI is InChI=1S/C21H23F2N9O2/c1-24-17(33)14-9-26-20-25-8-12(10-31(14)20)13-4-7-32-16(13)18(34-3)28-19(29-32)27-15-5-6-30(2)11-21(15,22)23/h4,7-10,15H,5-6,11H2,1-3H3,(H,24,33)(H,27,29)/t15-/m1/s1. The number of anilines is 1. The first kappa shape index (κ1) is 21.9. The number of methoxy groups -OCH3 is 1. The Labute approximate surface area is 192 Å². The maximum Gasteiger partial charge on any atom is 0.280 e. The molecule has 1 aliphatic rings. The van der Waals surface area contributed by atoms with Gasteiger partial charge in [-0.1, -0.05) is 0 Å². The van der Waals surface area contributed by atoms with E-state index in [-0.39, 0.29) is 30.7 Å². The molecule has 5 heterocycles. The average Bonchev–Trinajstić information content (AvgIpc) is 3.43. The molecular formula is C21H23F2N9O2. The first-order valence-corrected chi connectivity index (χ1v) is 10.6. The molecule has 1 atom stereocenters. The Bertz CT molecular complexity index is 1380. The van der Waals surface area contributed by atoms with Crippen molar-refractivity contribution in [1.29, 1.82) is 0 Å². The highest BCUT2D eigenvalue weighted by molar-refractivity contribution is 5.93. The number of hydrogen-bond acceptors (Lipinski definition) is 8. The molecule has 178 valence electrons. The number of hydrogen-bond donors (Lipinski definition) is 2. The van der Waals surface area contributed by atoms with E-state index in [1.165, 1.54) is 24.9 Å². The molecule has 4 aromatic heterocycles. The van der Waals surface area contributed by atoms with Crippen molar-refractivity contribution in [3.63, 3.8) is 0 Å². The summed E-state index contributed by atoms with van der Waals surface area (Å²) in [4.78, 5) is 26.6. The monoisotopic (exact) mass is 471 g/mol. The second-order valence-electron chi connectivity index (χ2n) is 8.19. The van der Waals surface area contributed by atoms with E-state index in [1.54, 1.807) is 41.0 Å². The van der Waals surface area contributed by atoms with Crippen LogP contribution in [-0.2, 0) is 0 Å². The SMILES string of the molecule is CNC(=O)c1cnc2ncc(-c3ccn4nc(N[C@@H]5CCN(C)CC5(F)F)nc(OC)c34)cn12. The fraction of sp³-hybridized carbons (Fsp3) is 0.381. The number of amides is 1. The zero-order valence-corrected chi connectivity index (χ0v) is 18.8. The van der Waals surface area contributed by atoms with E-state index in [4.69, 9.17) is 4.74 Å². The lowest BCUT2D eigenvalue weighted by Gasteiger charge is -2.36. The predicted octanol–water partition coefficient (Wildman–Crippen LogP) is 1.56. The molecule has 0 unspecified atom stereocenters. The third-order valence-electron chi connectivity index (χ3n) is 5.90. The molecule has 1 fully saturated rings. The molecule has 13 heteroatoms. The van der Waals surface area contributed by atoms with Gasteiger partial charge in [0.1, 0.15) is 11.2 Å². The van der Waals surface area contributed by atoms with Crippen LogP contribution in [0.5, 0.6) is 5.88 Å². The van der Waals surface area contributed by atoms with Crippen LogP contribution in [0.4, 0.5) is 14.7 Å². The summed E-state index contributed by atoms with van der Waals surface area (Å²) < 4.78 is 37.6. The van der Waals surface area contributed by atoms with Crippen molar-refractivity contribution in [3.05, 3.63) is 36.5 Å². The number of nitrogens with one attached hydrogen (secondary N) is 2. The minimum atomic E-state index is -2.92. The normalized spacial score (nSPS) is 18.3. The first-order valence-electron chi connectivity index (χ1n) is 10.6. The fourth-order valence-corrected chi connectivity index (χ4v) is 4.18. The number of halogens is 2. The van der Waals surface area contributed by atoms with E-state index in [1.807, 2.05) is 0 Å². The summed E-state index contributed by atoms with van der Waals surface area (Å²) in [6.07, 6.45) is 6.75. The van der Waals surface area contributed by atoms with Crippen LogP contribution in [0.15, 0.2) is 30.9 Å². The maximum atomic E-state index is 14.5. The van der Waals surface area contributed by atoms with Gasteiger partial charge in [0.25, 0.3) is 11.8 Å². The largest absolute Gasteiger partial charge is 0.479 e. The summed E-state index contributed by atoms with van der Waals surface area (Å²) >= 11 is 0. The highest BCUT2D eigenvalue weighted by atomic mass is 19.3. The molecular weight excluding hydrogens is 448 g/mol. The number of ether oxygens (including phenoxy) is 1. The first-order chi connectivity index (χ1) is 16.3. The van der Waals surface area contributed by atoms with Gasteiger partial charge in [0.05, 0.1) is 25.9 Å². The Morgan fingerprint density at radius 1 is 1.29 bits per heavy atom. The number of nitrogens with zero attached hydrogens (tertiary/aromatic N) is 7. The third kappa shape index (κ3) is 3.67. The lowest BCUT2D eigenvalue weighted by Crippen LogP contribution is -2.53. The van der Waals surface area contributed by atoms with Crippen LogP contribution in [0.2, 0.25) is 0 Å². The Hall–Kier alpha value is -3.87. The van der Waals surface area contributed by atoms with Gasteiger partial charge < -0.3 is 20.3 Å². The third-order valence-corrected chi connectivity index (χ3v) is 5.90. The molecule has 0 aromatic carbocycles. The zero-order chi connectivity index (χ0) is 24.0. The number of carbonyl (C=O) groups excluding carboxylic acids is 1. The molecule has 0 saturated carbocycles. The fourth-order valence-electron chi connectivity index (χ4n) is 4.18. The minimum absolute atomic E-state index is 0.0471. The molecule has 0 aliphatic carbocycles. The van der Waals surface area contributed by atoms with Gasteiger partial charge in [-0.05, 0) is 19.5 Å². The molecule has 34 heavy (non-hydrogen) atoms. The van der Waals surface area contributed by atoms with E-state index < -0.39 is 12.0 Å². The number of aromatic nitrogens is 6. The van der Waals surface area contributed by atoms with E-state index in [0.717, 1.165) is 0 Å². The van der Waals surface area contributed by atoms with Gasteiger partial charge in [-0.15, -0.1) is 5.10 Å². The molecule has 11 nitrogen and oxygen atoms in total. The quantitative estimate of drug-likeness (QED) is 0.451.